The minimum atomic E-state index is -1.04. The normalized spacial score (nSPS) is 10.2. The van der Waals surface area contributed by atoms with Crippen molar-refractivity contribution in [3.8, 4) is 23.7 Å². The van der Waals surface area contributed by atoms with Crippen LogP contribution in [0.3, 0.4) is 0 Å². The van der Waals surface area contributed by atoms with Crippen LogP contribution in [0, 0.1) is 23.7 Å². The van der Waals surface area contributed by atoms with Crippen LogP contribution in [-0.2, 0) is 9.59 Å². The summed E-state index contributed by atoms with van der Waals surface area (Å²) in [7, 11) is 1.70. The lowest BCUT2D eigenvalue weighted by Gasteiger charge is -2.14. The summed E-state index contributed by atoms with van der Waals surface area (Å²) in [5.41, 5.74) is 9.26. The smallest absolute Gasteiger partial charge is 0.267 e. The number of benzene rings is 2. The third-order valence-corrected chi connectivity index (χ3v) is 4.10. The molecule has 2 rings (SSSR count). The summed E-state index contributed by atoms with van der Waals surface area (Å²) in [5, 5.41) is 16.6. The number of nitrogens with one attached hydrogen (secondary N) is 4. The number of rotatable bonds is 7. The van der Waals surface area contributed by atoms with E-state index < -0.39 is 17.9 Å². The summed E-state index contributed by atoms with van der Waals surface area (Å²) in [6.07, 6.45) is 0. The molecule has 0 spiro atoms. The van der Waals surface area contributed by atoms with Gasteiger partial charge in [0.1, 0.15) is 6.04 Å². The summed E-state index contributed by atoms with van der Waals surface area (Å²) >= 11 is 0. The molecule has 9 nitrogen and oxygen atoms in total. The SMILES string of the molecule is C.CNCC(=O)Nc1ccc(C#CC#Cc2ccc(C(=O)N[C@@H](CN)C(=O)NO)cc2)cc1. The van der Waals surface area contributed by atoms with Gasteiger partial charge < -0.3 is 21.7 Å². The zero-order chi connectivity index (χ0) is 23.3. The molecule has 0 saturated heterocycles. The average Bonchev–Trinajstić information content (AvgIpc) is 2.81. The zero-order valence-corrected chi connectivity index (χ0v) is 17.4. The molecule has 2 aromatic rings. The lowest BCUT2D eigenvalue weighted by Crippen LogP contribution is -2.50. The maximum absolute atomic E-state index is 12.2. The van der Waals surface area contributed by atoms with Crippen molar-refractivity contribution in [1.82, 2.24) is 16.1 Å². The Morgan fingerprint density at radius 1 is 0.970 bits per heavy atom. The highest BCUT2D eigenvalue weighted by atomic mass is 16.5. The molecule has 0 heterocycles. The van der Waals surface area contributed by atoms with Gasteiger partial charge >= 0.3 is 0 Å². The number of hydrogen-bond donors (Lipinski definition) is 6. The number of hydrogen-bond acceptors (Lipinski definition) is 6. The van der Waals surface area contributed by atoms with Crippen LogP contribution >= 0.6 is 0 Å². The van der Waals surface area contributed by atoms with Crippen LogP contribution in [0.1, 0.15) is 28.9 Å². The van der Waals surface area contributed by atoms with Crippen molar-refractivity contribution in [2.75, 3.05) is 25.5 Å². The number of likely N-dealkylation sites (N-methyl/N-ethyl adjacent to an activating group) is 1. The van der Waals surface area contributed by atoms with E-state index in [1.165, 1.54) is 5.48 Å². The molecule has 0 aliphatic carbocycles. The second-order valence-electron chi connectivity index (χ2n) is 6.47. The Balaban J connectivity index is 0.00000544. The van der Waals surface area contributed by atoms with Crippen LogP contribution in [0.25, 0.3) is 0 Å². The largest absolute Gasteiger partial charge is 0.339 e. The maximum atomic E-state index is 12.2. The van der Waals surface area contributed by atoms with Gasteiger partial charge in [-0.15, -0.1) is 0 Å². The van der Waals surface area contributed by atoms with Crippen LogP contribution in [-0.4, -0.2) is 49.1 Å². The van der Waals surface area contributed by atoms with Crippen molar-refractivity contribution in [1.29, 1.82) is 0 Å². The van der Waals surface area contributed by atoms with E-state index in [4.69, 9.17) is 10.9 Å². The van der Waals surface area contributed by atoms with E-state index in [2.05, 4.69) is 39.6 Å². The van der Waals surface area contributed by atoms with E-state index in [0.717, 1.165) is 5.56 Å². The molecular formula is C24H27N5O4. The van der Waals surface area contributed by atoms with Gasteiger partial charge in [-0.05, 0) is 67.4 Å². The van der Waals surface area contributed by atoms with Gasteiger partial charge in [-0.1, -0.05) is 19.3 Å². The molecular weight excluding hydrogens is 422 g/mol. The summed E-state index contributed by atoms with van der Waals surface area (Å²) in [6, 6.07) is 12.4. The minimum absolute atomic E-state index is 0. The summed E-state index contributed by atoms with van der Waals surface area (Å²) in [6.45, 7) is 0.0753. The summed E-state index contributed by atoms with van der Waals surface area (Å²) in [5.74, 6) is 9.85. The van der Waals surface area contributed by atoms with E-state index in [0.29, 0.717) is 16.8 Å². The Hall–Kier alpha value is -4.15. The standard InChI is InChI=1S/C23H23N5O4.CH4/c1-25-15-21(29)26-19-12-8-17(9-13-19)5-3-2-4-16-6-10-18(11-7-16)22(30)27-20(14-24)23(31)28-32;/h6-13,20,25,32H,14-15,24H2,1H3,(H,26,29)(H,27,30)(H,28,31);1H4/t20-;/m0./s1. The van der Waals surface area contributed by atoms with E-state index in [9.17, 15) is 14.4 Å². The first-order valence-electron chi connectivity index (χ1n) is 9.58. The number of amides is 3. The highest BCUT2D eigenvalue weighted by Gasteiger charge is 2.19. The molecule has 9 heteroatoms. The van der Waals surface area contributed by atoms with Gasteiger partial charge in [0, 0.05) is 28.9 Å². The average molecular weight is 450 g/mol. The first kappa shape index (κ1) is 26.9. The van der Waals surface area contributed by atoms with Crippen molar-refractivity contribution in [2.24, 2.45) is 5.73 Å². The van der Waals surface area contributed by atoms with Gasteiger partial charge in [0.05, 0.1) is 6.54 Å². The fraction of sp³-hybridized carbons (Fsp3) is 0.208. The fourth-order valence-electron chi connectivity index (χ4n) is 2.47. The number of hydroxylamine groups is 1. The molecule has 0 fully saturated rings. The fourth-order valence-corrected chi connectivity index (χ4v) is 2.47. The first-order valence-corrected chi connectivity index (χ1v) is 9.58. The Kier molecular flexibility index (Phi) is 11.4. The first-order chi connectivity index (χ1) is 15.5. The van der Waals surface area contributed by atoms with E-state index in [1.807, 2.05) is 0 Å². The van der Waals surface area contributed by atoms with Crippen LogP contribution in [0.2, 0.25) is 0 Å². The summed E-state index contributed by atoms with van der Waals surface area (Å²) < 4.78 is 0. The molecule has 0 aliphatic heterocycles. The van der Waals surface area contributed by atoms with E-state index in [1.54, 1.807) is 55.6 Å². The van der Waals surface area contributed by atoms with Crippen molar-refractivity contribution in [2.45, 2.75) is 13.5 Å². The Morgan fingerprint density at radius 3 is 2.00 bits per heavy atom. The summed E-state index contributed by atoms with van der Waals surface area (Å²) in [4.78, 5) is 35.1. The molecule has 0 aromatic heterocycles. The molecule has 0 bridgehead atoms. The minimum Gasteiger partial charge on any atom is -0.339 e. The topological polar surface area (TPSA) is 146 Å². The van der Waals surface area contributed by atoms with Gasteiger partial charge in [-0.2, -0.15) is 0 Å². The predicted octanol–water partition coefficient (Wildman–Crippen LogP) is 0.446. The van der Waals surface area contributed by atoms with Gasteiger partial charge in [-0.3, -0.25) is 19.6 Å². The molecule has 0 saturated carbocycles. The molecule has 1 atom stereocenters. The van der Waals surface area contributed by atoms with Crippen LogP contribution in [0.5, 0.6) is 0 Å². The van der Waals surface area contributed by atoms with Crippen molar-refractivity contribution < 1.29 is 19.6 Å². The molecule has 0 radical (unpaired) electrons. The quantitative estimate of drug-likeness (QED) is 0.206. The molecule has 172 valence electrons. The zero-order valence-electron chi connectivity index (χ0n) is 17.4. The van der Waals surface area contributed by atoms with Crippen LogP contribution in [0.15, 0.2) is 48.5 Å². The predicted molar refractivity (Wildman–Crippen MR) is 126 cm³/mol. The molecule has 2 aromatic carbocycles. The third-order valence-electron chi connectivity index (χ3n) is 4.10. The number of anilines is 1. The maximum Gasteiger partial charge on any atom is 0.267 e. The second-order valence-corrected chi connectivity index (χ2v) is 6.47. The van der Waals surface area contributed by atoms with Gasteiger partial charge in [0.25, 0.3) is 11.8 Å². The Labute approximate surface area is 193 Å². The van der Waals surface area contributed by atoms with Gasteiger partial charge in [0.15, 0.2) is 0 Å². The van der Waals surface area contributed by atoms with Crippen LogP contribution < -0.4 is 27.2 Å². The lowest BCUT2D eigenvalue weighted by atomic mass is 10.1. The second kappa shape index (κ2) is 14.0. The number of carbonyl (C=O) groups excluding carboxylic acids is 3. The third kappa shape index (κ3) is 8.85. The van der Waals surface area contributed by atoms with E-state index in [-0.39, 0.29) is 26.4 Å². The molecule has 7 N–H and O–H groups in total. The Morgan fingerprint density at radius 2 is 1.52 bits per heavy atom. The highest BCUT2D eigenvalue weighted by molar-refractivity contribution is 5.97. The number of carbonyl (C=O) groups is 3. The van der Waals surface area contributed by atoms with Crippen LogP contribution in [0.4, 0.5) is 5.69 Å². The molecule has 3 amide bonds. The van der Waals surface area contributed by atoms with Gasteiger partial charge in [-0.25, -0.2) is 5.48 Å². The molecule has 0 unspecified atom stereocenters. The Bertz CT molecular complexity index is 1070. The number of nitrogens with two attached hydrogens (primary N) is 1. The van der Waals surface area contributed by atoms with Crippen molar-refractivity contribution in [3.05, 3.63) is 65.2 Å². The van der Waals surface area contributed by atoms with Gasteiger partial charge in [0.2, 0.25) is 5.91 Å². The van der Waals surface area contributed by atoms with E-state index >= 15 is 0 Å². The highest BCUT2D eigenvalue weighted by Crippen LogP contribution is 2.08. The lowest BCUT2D eigenvalue weighted by molar-refractivity contribution is -0.130. The monoisotopic (exact) mass is 449 g/mol. The molecule has 33 heavy (non-hydrogen) atoms. The van der Waals surface area contributed by atoms with Crippen molar-refractivity contribution >= 4 is 23.4 Å². The van der Waals surface area contributed by atoms with Crippen molar-refractivity contribution in [3.63, 3.8) is 0 Å². The molecule has 0 aliphatic rings.